The predicted octanol–water partition coefficient (Wildman–Crippen LogP) is 2.44. The van der Waals surface area contributed by atoms with Crippen LogP contribution in [0.5, 0.6) is 5.75 Å². The van der Waals surface area contributed by atoms with Gasteiger partial charge in [0, 0.05) is 18.2 Å². The van der Waals surface area contributed by atoms with E-state index in [2.05, 4.69) is 15.0 Å². The molecule has 2 N–H and O–H groups in total. The first kappa shape index (κ1) is 20.4. The quantitative estimate of drug-likeness (QED) is 0.574. The minimum absolute atomic E-state index is 0.0367. The molecule has 0 atom stereocenters. The Hall–Kier alpha value is -2.91. The van der Waals surface area contributed by atoms with Gasteiger partial charge in [-0.2, -0.15) is 0 Å². The topological polar surface area (TPSA) is 102 Å². The predicted molar refractivity (Wildman–Crippen MR) is 113 cm³/mol. The third-order valence-electron chi connectivity index (χ3n) is 5.07. The lowest BCUT2D eigenvalue weighted by atomic mass is 10.2. The summed E-state index contributed by atoms with van der Waals surface area (Å²) in [4.78, 5) is 17.3. The molecule has 1 aliphatic rings. The summed E-state index contributed by atoms with van der Waals surface area (Å²) < 4.78 is 35.2. The first-order valence-electron chi connectivity index (χ1n) is 9.85. The number of nitrogens with zero attached hydrogens (tertiary/aromatic N) is 2. The van der Waals surface area contributed by atoms with Crippen molar-refractivity contribution in [1.29, 1.82) is 0 Å². The van der Waals surface area contributed by atoms with Crippen molar-refractivity contribution in [2.45, 2.75) is 43.8 Å². The average molecular weight is 429 g/mol. The van der Waals surface area contributed by atoms with Crippen LogP contribution in [-0.4, -0.2) is 37.0 Å². The molecule has 1 heterocycles. The van der Waals surface area contributed by atoms with E-state index >= 15 is 0 Å². The third-order valence-corrected chi connectivity index (χ3v) is 6.61. The fourth-order valence-corrected chi connectivity index (χ4v) is 4.89. The molecule has 0 spiro atoms. The van der Waals surface area contributed by atoms with Crippen molar-refractivity contribution >= 4 is 27.0 Å². The van der Waals surface area contributed by atoms with Gasteiger partial charge >= 0.3 is 0 Å². The number of fused-ring (bicyclic) bond motifs is 1. The number of rotatable bonds is 8. The van der Waals surface area contributed by atoms with E-state index in [1.54, 1.807) is 6.07 Å². The number of para-hydroxylation sites is 2. The van der Waals surface area contributed by atoms with Crippen LogP contribution in [0, 0.1) is 0 Å². The zero-order valence-electron chi connectivity index (χ0n) is 16.9. The molecule has 3 aromatic rings. The molecule has 158 valence electrons. The number of ether oxygens (including phenoxy) is 1. The second-order valence-electron chi connectivity index (χ2n) is 7.20. The van der Waals surface area contributed by atoms with Crippen molar-refractivity contribution < 1.29 is 17.9 Å². The number of aromatic nitrogens is 2. The van der Waals surface area contributed by atoms with Crippen LogP contribution >= 0.6 is 0 Å². The largest absolute Gasteiger partial charge is 0.495 e. The summed E-state index contributed by atoms with van der Waals surface area (Å²) in [5, 5.41) is 2.84. The molecular formula is C21H24N4O4S. The van der Waals surface area contributed by atoms with Crippen LogP contribution < -0.4 is 14.8 Å². The molecule has 0 unspecified atom stereocenters. The smallest absolute Gasteiger partial charge is 0.251 e. The molecule has 1 aromatic heterocycles. The Morgan fingerprint density at radius 1 is 1.23 bits per heavy atom. The zero-order chi connectivity index (χ0) is 21.3. The molecule has 0 saturated heterocycles. The first-order chi connectivity index (χ1) is 14.4. The van der Waals surface area contributed by atoms with E-state index in [9.17, 15) is 13.2 Å². The maximum atomic E-state index is 12.7. The highest BCUT2D eigenvalue weighted by atomic mass is 32.2. The molecule has 9 heteroatoms. The van der Waals surface area contributed by atoms with Crippen molar-refractivity contribution in [2.24, 2.45) is 0 Å². The SMILES string of the molecule is CCn1c(CNC(=O)c2ccc(OC)c(S(=O)(=O)NC3CC3)c2)nc2ccccc21. The highest BCUT2D eigenvalue weighted by molar-refractivity contribution is 7.89. The molecule has 8 nitrogen and oxygen atoms in total. The van der Waals surface area contributed by atoms with E-state index in [0.717, 1.165) is 36.2 Å². The van der Waals surface area contributed by atoms with E-state index in [4.69, 9.17) is 4.74 Å². The molecule has 1 fully saturated rings. The van der Waals surface area contributed by atoms with E-state index in [1.165, 1.54) is 19.2 Å². The number of amides is 1. The molecule has 1 saturated carbocycles. The lowest BCUT2D eigenvalue weighted by Gasteiger charge is -2.12. The van der Waals surface area contributed by atoms with Crippen LogP contribution in [-0.2, 0) is 23.1 Å². The Labute approximate surface area is 175 Å². The lowest BCUT2D eigenvalue weighted by molar-refractivity contribution is 0.0949. The summed E-state index contributed by atoms with van der Waals surface area (Å²) in [6, 6.07) is 12.1. The molecule has 30 heavy (non-hydrogen) atoms. The number of imidazole rings is 1. The summed E-state index contributed by atoms with van der Waals surface area (Å²) in [5.74, 6) is 0.562. The van der Waals surface area contributed by atoms with Gasteiger partial charge in [0.2, 0.25) is 10.0 Å². The van der Waals surface area contributed by atoms with Crippen LogP contribution in [0.2, 0.25) is 0 Å². The van der Waals surface area contributed by atoms with Gasteiger partial charge in [0.1, 0.15) is 16.5 Å². The summed E-state index contributed by atoms with van der Waals surface area (Å²) in [5.41, 5.74) is 2.12. The molecule has 0 bridgehead atoms. The highest BCUT2D eigenvalue weighted by Gasteiger charge is 2.30. The zero-order valence-corrected chi connectivity index (χ0v) is 17.7. The van der Waals surface area contributed by atoms with Gasteiger partial charge in [0.15, 0.2) is 0 Å². The number of benzene rings is 2. The molecular weight excluding hydrogens is 404 g/mol. The number of hydrogen-bond donors (Lipinski definition) is 2. The Balaban J connectivity index is 1.56. The van der Waals surface area contributed by atoms with E-state index in [1.807, 2.05) is 35.8 Å². The first-order valence-corrected chi connectivity index (χ1v) is 11.3. The molecule has 1 amide bonds. The molecule has 1 aliphatic carbocycles. The van der Waals surface area contributed by atoms with Crippen molar-refractivity contribution in [3.05, 3.63) is 53.9 Å². The number of carbonyl (C=O) groups is 1. The molecule has 2 aromatic carbocycles. The number of aryl methyl sites for hydroxylation is 1. The van der Waals surface area contributed by atoms with Gasteiger partial charge in [0.25, 0.3) is 5.91 Å². The van der Waals surface area contributed by atoms with Crippen molar-refractivity contribution in [1.82, 2.24) is 19.6 Å². The molecule has 0 aliphatic heterocycles. The summed E-state index contributed by atoms with van der Waals surface area (Å²) >= 11 is 0. The van der Waals surface area contributed by atoms with Crippen LogP contribution in [0.15, 0.2) is 47.4 Å². The van der Waals surface area contributed by atoms with Gasteiger partial charge in [-0.25, -0.2) is 18.1 Å². The minimum atomic E-state index is -3.76. The Morgan fingerprint density at radius 2 is 2.00 bits per heavy atom. The number of sulfonamides is 1. The normalized spacial score (nSPS) is 14.1. The summed E-state index contributed by atoms with van der Waals surface area (Å²) in [6.45, 7) is 2.98. The van der Waals surface area contributed by atoms with Crippen molar-refractivity contribution in [2.75, 3.05) is 7.11 Å². The Morgan fingerprint density at radius 3 is 2.70 bits per heavy atom. The Bertz CT molecular complexity index is 1200. The second kappa shape index (κ2) is 8.08. The van der Waals surface area contributed by atoms with Gasteiger partial charge in [0.05, 0.1) is 24.7 Å². The van der Waals surface area contributed by atoms with Crippen molar-refractivity contribution in [3.63, 3.8) is 0 Å². The van der Waals surface area contributed by atoms with Crippen LogP contribution in [0.3, 0.4) is 0 Å². The van der Waals surface area contributed by atoms with E-state index in [0.29, 0.717) is 0 Å². The Kier molecular flexibility index (Phi) is 5.48. The number of hydrogen-bond acceptors (Lipinski definition) is 5. The summed E-state index contributed by atoms with van der Waals surface area (Å²) in [7, 11) is -2.36. The monoisotopic (exact) mass is 428 g/mol. The van der Waals surface area contributed by atoms with Gasteiger partial charge in [-0.1, -0.05) is 12.1 Å². The standard InChI is InChI=1S/C21H24N4O4S/c1-3-25-17-7-5-4-6-16(17)23-20(25)13-22-21(26)14-8-11-18(29-2)19(12-14)30(27,28)24-15-9-10-15/h4-8,11-12,15,24H,3,9-10,13H2,1-2H3,(H,22,26). The number of carbonyl (C=O) groups excluding carboxylic acids is 1. The third kappa shape index (κ3) is 4.03. The van der Waals surface area contributed by atoms with E-state index in [-0.39, 0.29) is 34.7 Å². The van der Waals surface area contributed by atoms with Gasteiger partial charge in [-0.05, 0) is 50.1 Å². The van der Waals surface area contributed by atoms with Gasteiger partial charge in [-0.15, -0.1) is 0 Å². The summed E-state index contributed by atoms with van der Waals surface area (Å²) in [6.07, 6.45) is 1.64. The lowest BCUT2D eigenvalue weighted by Crippen LogP contribution is -2.28. The minimum Gasteiger partial charge on any atom is -0.495 e. The van der Waals surface area contributed by atoms with Crippen LogP contribution in [0.1, 0.15) is 35.9 Å². The molecule has 0 radical (unpaired) electrons. The van der Waals surface area contributed by atoms with Gasteiger partial charge in [-0.3, -0.25) is 4.79 Å². The maximum absolute atomic E-state index is 12.7. The van der Waals surface area contributed by atoms with Crippen LogP contribution in [0.4, 0.5) is 0 Å². The number of nitrogens with one attached hydrogen (secondary N) is 2. The maximum Gasteiger partial charge on any atom is 0.251 e. The average Bonchev–Trinajstić information content (AvgIpc) is 3.48. The second-order valence-corrected chi connectivity index (χ2v) is 8.89. The van der Waals surface area contributed by atoms with Gasteiger partial charge < -0.3 is 14.6 Å². The van der Waals surface area contributed by atoms with Crippen molar-refractivity contribution in [3.8, 4) is 5.75 Å². The number of methoxy groups -OCH3 is 1. The van der Waals surface area contributed by atoms with E-state index < -0.39 is 10.0 Å². The highest BCUT2D eigenvalue weighted by Crippen LogP contribution is 2.28. The fourth-order valence-electron chi connectivity index (χ4n) is 3.39. The molecule has 4 rings (SSSR count). The fraction of sp³-hybridized carbons (Fsp3) is 0.333. The van der Waals surface area contributed by atoms with Crippen LogP contribution in [0.25, 0.3) is 11.0 Å².